The average Bonchev–Trinajstić information content (AvgIpc) is 2.49. The van der Waals surface area contributed by atoms with Gasteiger partial charge in [-0.2, -0.15) is 0 Å². The first kappa shape index (κ1) is 13.2. The lowest BCUT2D eigenvalue weighted by atomic mass is 10.0. The fraction of sp³-hybridized carbons (Fsp3) is 0.0588. The minimum absolute atomic E-state index is 0.0232. The summed E-state index contributed by atoms with van der Waals surface area (Å²) in [5, 5.41) is 10.2. The van der Waals surface area contributed by atoms with Gasteiger partial charge in [-0.25, -0.2) is 9.18 Å². The van der Waals surface area contributed by atoms with E-state index in [-0.39, 0.29) is 5.56 Å². The third-order valence-electron chi connectivity index (χ3n) is 3.33. The van der Waals surface area contributed by atoms with Crippen molar-refractivity contribution in [3.05, 3.63) is 77.2 Å². The van der Waals surface area contributed by atoms with Gasteiger partial charge >= 0.3 is 5.97 Å². The number of pyridine rings is 1. The molecule has 3 aromatic rings. The quantitative estimate of drug-likeness (QED) is 0.797. The Balaban J connectivity index is 2.00. The average molecular weight is 281 g/mol. The van der Waals surface area contributed by atoms with E-state index in [4.69, 9.17) is 5.11 Å². The van der Waals surface area contributed by atoms with Gasteiger partial charge in [0, 0.05) is 17.5 Å². The van der Waals surface area contributed by atoms with Gasteiger partial charge in [-0.3, -0.25) is 4.98 Å². The highest BCUT2D eigenvalue weighted by Crippen LogP contribution is 2.18. The minimum atomic E-state index is -1.13. The van der Waals surface area contributed by atoms with Gasteiger partial charge in [0.15, 0.2) is 0 Å². The van der Waals surface area contributed by atoms with Crippen LogP contribution in [0.5, 0.6) is 0 Å². The number of para-hydroxylation sites is 1. The van der Waals surface area contributed by atoms with Gasteiger partial charge in [0.2, 0.25) is 0 Å². The Morgan fingerprint density at radius 1 is 1.10 bits per heavy atom. The van der Waals surface area contributed by atoms with Gasteiger partial charge in [-0.15, -0.1) is 0 Å². The van der Waals surface area contributed by atoms with Gasteiger partial charge in [-0.1, -0.05) is 30.3 Å². The molecule has 0 aliphatic heterocycles. The predicted octanol–water partition coefficient (Wildman–Crippen LogP) is 3.66. The largest absolute Gasteiger partial charge is 0.478 e. The molecule has 3 nitrogen and oxygen atoms in total. The molecule has 0 bridgehead atoms. The van der Waals surface area contributed by atoms with Gasteiger partial charge < -0.3 is 5.11 Å². The van der Waals surface area contributed by atoms with Crippen molar-refractivity contribution in [2.24, 2.45) is 0 Å². The van der Waals surface area contributed by atoms with Gasteiger partial charge in [-0.05, 0) is 29.8 Å². The van der Waals surface area contributed by atoms with Crippen molar-refractivity contribution >= 4 is 16.9 Å². The lowest BCUT2D eigenvalue weighted by Crippen LogP contribution is -2.04. The van der Waals surface area contributed by atoms with Crippen LogP contribution in [0.3, 0.4) is 0 Å². The summed E-state index contributed by atoms with van der Waals surface area (Å²) in [6.45, 7) is 0. The summed E-state index contributed by atoms with van der Waals surface area (Å²) >= 11 is 0. The molecule has 1 aromatic heterocycles. The number of aromatic nitrogens is 1. The molecule has 0 spiro atoms. The summed E-state index contributed by atoms with van der Waals surface area (Å²) in [6, 6.07) is 15.3. The number of carboxylic acids is 1. The summed E-state index contributed by atoms with van der Waals surface area (Å²) in [4.78, 5) is 15.7. The van der Waals surface area contributed by atoms with Crippen molar-refractivity contribution < 1.29 is 14.3 Å². The van der Waals surface area contributed by atoms with Crippen LogP contribution in [0, 0.1) is 5.82 Å². The number of carbonyl (C=O) groups is 1. The second kappa shape index (κ2) is 5.32. The normalized spacial score (nSPS) is 10.7. The standard InChI is InChI=1S/C17H12FNO2/c18-13-7-5-12(15(10-13)17(20)21)9-14-8-6-11-3-1-2-4-16(11)19-14/h1-8,10H,9H2,(H,20,21). The number of hydrogen-bond acceptors (Lipinski definition) is 2. The highest BCUT2D eigenvalue weighted by molar-refractivity contribution is 5.89. The number of aromatic carboxylic acids is 1. The number of carboxylic acid groups (broad SMARTS) is 1. The third kappa shape index (κ3) is 2.74. The minimum Gasteiger partial charge on any atom is -0.478 e. The van der Waals surface area contributed by atoms with Crippen LogP contribution in [0.4, 0.5) is 4.39 Å². The summed E-state index contributed by atoms with van der Waals surface area (Å²) in [7, 11) is 0. The zero-order valence-corrected chi connectivity index (χ0v) is 11.1. The third-order valence-corrected chi connectivity index (χ3v) is 3.33. The van der Waals surface area contributed by atoms with Crippen molar-refractivity contribution in [2.75, 3.05) is 0 Å². The van der Waals surface area contributed by atoms with Crippen molar-refractivity contribution in [1.29, 1.82) is 0 Å². The molecule has 0 fully saturated rings. The van der Waals surface area contributed by atoms with Crippen molar-refractivity contribution in [2.45, 2.75) is 6.42 Å². The Hall–Kier alpha value is -2.75. The van der Waals surface area contributed by atoms with E-state index in [0.29, 0.717) is 12.0 Å². The molecule has 0 radical (unpaired) electrons. The summed E-state index contributed by atoms with van der Waals surface area (Å²) in [5.41, 5.74) is 2.13. The van der Waals surface area contributed by atoms with E-state index < -0.39 is 11.8 Å². The molecule has 0 unspecified atom stereocenters. The second-order valence-corrected chi connectivity index (χ2v) is 4.78. The van der Waals surface area contributed by atoms with E-state index in [0.717, 1.165) is 22.7 Å². The van der Waals surface area contributed by atoms with Crippen LogP contribution >= 0.6 is 0 Å². The topological polar surface area (TPSA) is 50.2 Å². The van der Waals surface area contributed by atoms with Gasteiger partial charge in [0.1, 0.15) is 5.82 Å². The van der Waals surface area contributed by atoms with Crippen molar-refractivity contribution in [3.8, 4) is 0 Å². The number of benzene rings is 2. The number of hydrogen-bond donors (Lipinski definition) is 1. The SMILES string of the molecule is O=C(O)c1cc(F)ccc1Cc1ccc2ccccc2n1. The maximum Gasteiger partial charge on any atom is 0.336 e. The molecule has 4 heteroatoms. The Morgan fingerprint density at radius 3 is 2.71 bits per heavy atom. The van der Waals surface area contributed by atoms with Crippen LogP contribution in [0.15, 0.2) is 54.6 Å². The molecule has 0 aliphatic rings. The van der Waals surface area contributed by atoms with Crippen molar-refractivity contribution in [1.82, 2.24) is 4.98 Å². The Bertz CT molecular complexity index is 830. The van der Waals surface area contributed by atoms with Gasteiger partial charge in [0.25, 0.3) is 0 Å². The second-order valence-electron chi connectivity index (χ2n) is 4.78. The summed E-state index contributed by atoms with van der Waals surface area (Å²) < 4.78 is 13.2. The fourth-order valence-corrected chi connectivity index (χ4v) is 2.30. The number of halogens is 1. The Kier molecular flexibility index (Phi) is 3.36. The molecule has 0 atom stereocenters. The van der Waals surface area contributed by atoms with Crippen LogP contribution in [0.25, 0.3) is 10.9 Å². The van der Waals surface area contributed by atoms with Crippen LogP contribution in [0.1, 0.15) is 21.6 Å². The molecule has 0 amide bonds. The first-order chi connectivity index (χ1) is 10.1. The molecule has 0 saturated heterocycles. The first-order valence-corrected chi connectivity index (χ1v) is 6.50. The molecule has 1 heterocycles. The lowest BCUT2D eigenvalue weighted by Gasteiger charge is -2.07. The highest BCUT2D eigenvalue weighted by Gasteiger charge is 2.12. The molecule has 21 heavy (non-hydrogen) atoms. The van der Waals surface area contributed by atoms with Crippen LogP contribution in [-0.4, -0.2) is 16.1 Å². The van der Waals surface area contributed by atoms with E-state index in [1.807, 2.05) is 36.4 Å². The Labute approximate surface area is 120 Å². The van der Waals surface area contributed by atoms with E-state index in [1.165, 1.54) is 12.1 Å². The monoisotopic (exact) mass is 281 g/mol. The van der Waals surface area contributed by atoms with Crippen molar-refractivity contribution in [3.63, 3.8) is 0 Å². The maximum atomic E-state index is 13.2. The number of nitrogens with zero attached hydrogens (tertiary/aromatic N) is 1. The number of rotatable bonds is 3. The smallest absolute Gasteiger partial charge is 0.336 e. The maximum absolute atomic E-state index is 13.2. The van der Waals surface area contributed by atoms with E-state index in [1.54, 1.807) is 0 Å². The zero-order chi connectivity index (χ0) is 14.8. The van der Waals surface area contributed by atoms with Crippen LogP contribution in [-0.2, 0) is 6.42 Å². The molecule has 3 rings (SSSR count). The molecule has 1 N–H and O–H groups in total. The van der Waals surface area contributed by atoms with Crippen LogP contribution in [0.2, 0.25) is 0 Å². The summed E-state index contributed by atoms with van der Waals surface area (Å²) in [5.74, 6) is -1.69. The zero-order valence-electron chi connectivity index (χ0n) is 11.1. The predicted molar refractivity (Wildman–Crippen MR) is 77.9 cm³/mol. The molecule has 0 saturated carbocycles. The lowest BCUT2D eigenvalue weighted by molar-refractivity contribution is 0.0695. The van der Waals surface area contributed by atoms with Crippen LogP contribution < -0.4 is 0 Å². The molecule has 2 aromatic carbocycles. The molecule has 0 aliphatic carbocycles. The summed E-state index contributed by atoms with van der Waals surface area (Å²) in [6.07, 6.45) is 0.354. The molecular weight excluding hydrogens is 269 g/mol. The molecular formula is C17H12FNO2. The first-order valence-electron chi connectivity index (χ1n) is 6.50. The highest BCUT2D eigenvalue weighted by atomic mass is 19.1. The van der Waals surface area contributed by atoms with E-state index in [2.05, 4.69) is 4.98 Å². The Morgan fingerprint density at radius 2 is 1.90 bits per heavy atom. The van der Waals surface area contributed by atoms with Gasteiger partial charge in [0.05, 0.1) is 11.1 Å². The number of fused-ring (bicyclic) bond motifs is 1. The van der Waals surface area contributed by atoms with E-state index >= 15 is 0 Å². The van der Waals surface area contributed by atoms with E-state index in [9.17, 15) is 9.18 Å². The molecule has 104 valence electrons. The fourth-order valence-electron chi connectivity index (χ4n) is 2.30.